The number of ether oxygens (including phenoxy) is 1. The van der Waals surface area contributed by atoms with Gasteiger partial charge in [-0.05, 0) is 5.56 Å². The van der Waals surface area contributed by atoms with Crippen LogP contribution in [0.2, 0.25) is 0 Å². The SMILES string of the molecule is O=C(OCc1ccccc1)[C@@]1(C(=O)N2CC=CC2)C[C@H](S)CN1[N+](=O)[O-]. The van der Waals surface area contributed by atoms with Gasteiger partial charge < -0.3 is 9.64 Å². The van der Waals surface area contributed by atoms with E-state index >= 15 is 0 Å². The molecular weight excluding hydrogens is 358 g/mol. The zero-order valence-electron chi connectivity index (χ0n) is 14.0. The quantitative estimate of drug-likeness (QED) is 0.206. The number of hydrogen-bond acceptors (Lipinski definition) is 6. The van der Waals surface area contributed by atoms with Crippen molar-refractivity contribution in [1.82, 2.24) is 9.91 Å². The fourth-order valence-electron chi connectivity index (χ4n) is 3.29. The third kappa shape index (κ3) is 3.26. The summed E-state index contributed by atoms with van der Waals surface area (Å²) in [5.41, 5.74) is -1.25. The number of hydrogen-bond donors (Lipinski definition) is 1. The first-order valence-electron chi connectivity index (χ1n) is 8.20. The highest BCUT2D eigenvalue weighted by atomic mass is 32.1. The Bertz CT molecular complexity index is 733. The Balaban J connectivity index is 1.88. The minimum absolute atomic E-state index is 0.0598. The summed E-state index contributed by atoms with van der Waals surface area (Å²) in [6.45, 7) is 0.462. The molecule has 1 amide bonds. The van der Waals surface area contributed by atoms with Crippen molar-refractivity contribution in [3.63, 3.8) is 0 Å². The molecule has 2 heterocycles. The van der Waals surface area contributed by atoms with Gasteiger partial charge in [0.15, 0.2) is 5.03 Å². The van der Waals surface area contributed by atoms with Crippen LogP contribution in [0.1, 0.15) is 12.0 Å². The second kappa shape index (κ2) is 7.36. The molecule has 1 aromatic carbocycles. The van der Waals surface area contributed by atoms with Gasteiger partial charge >= 0.3 is 5.97 Å². The molecule has 0 aliphatic carbocycles. The first-order valence-corrected chi connectivity index (χ1v) is 8.72. The predicted molar refractivity (Wildman–Crippen MR) is 95.8 cm³/mol. The van der Waals surface area contributed by atoms with Gasteiger partial charge in [0.1, 0.15) is 6.61 Å². The molecule has 1 aromatic rings. The number of amides is 1. The largest absolute Gasteiger partial charge is 0.459 e. The number of benzene rings is 1. The Morgan fingerprint density at radius 1 is 1.27 bits per heavy atom. The molecule has 1 fully saturated rings. The third-order valence-corrected chi connectivity index (χ3v) is 4.91. The molecule has 138 valence electrons. The van der Waals surface area contributed by atoms with Crippen LogP contribution in [0.15, 0.2) is 42.5 Å². The fraction of sp³-hybridized carbons (Fsp3) is 0.412. The molecule has 9 heteroatoms. The molecule has 26 heavy (non-hydrogen) atoms. The van der Waals surface area contributed by atoms with E-state index in [-0.39, 0.29) is 19.6 Å². The summed E-state index contributed by atoms with van der Waals surface area (Å²) >= 11 is 4.29. The van der Waals surface area contributed by atoms with Crippen LogP contribution >= 0.6 is 12.6 Å². The summed E-state index contributed by atoms with van der Waals surface area (Å²) in [6.07, 6.45) is 3.50. The van der Waals surface area contributed by atoms with Crippen LogP contribution in [-0.4, -0.2) is 57.2 Å². The van der Waals surface area contributed by atoms with Crippen molar-refractivity contribution in [1.29, 1.82) is 0 Å². The van der Waals surface area contributed by atoms with E-state index < -0.39 is 27.7 Å². The molecule has 0 unspecified atom stereocenters. The number of thiol groups is 1. The van der Waals surface area contributed by atoms with Crippen LogP contribution in [-0.2, 0) is 20.9 Å². The van der Waals surface area contributed by atoms with Gasteiger partial charge in [0.05, 0.1) is 6.54 Å². The average molecular weight is 377 g/mol. The fourth-order valence-corrected chi connectivity index (χ4v) is 3.71. The molecule has 2 aliphatic rings. The molecule has 0 saturated carbocycles. The highest BCUT2D eigenvalue weighted by Crippen LogP contribution is 2.36. The molecule has 3 rings (SSSR count). The van der Waals surface area contributed by atoms with Gasteiger partial charge in [-0.2, -0.15) is 12.6 Å². The maximum Gasteiger partial charge on any atom is 0.348 e. The van der Waals surface area contributed by atoms with E-state index in [0.717, 1.165) is 5.56 Å². The molecule has 2 atom stereocenters. The minimum Gasteiger partial charge on any atom is -0.459 e. The molecule has 0 N–H and O–H groups in total. The standard InChI is InChI=1S/C17H19N3O5S/c21-15(18-8-4-5-9-18)17(10-14(26)11-19(17)20(23)24)16(22)25-12-13-6-2-1-3-7-13/h1-7,14,26H,8-12H2/t14-,17-/m0/s1. The Kier molecular flexibility index (Phi) is 5.17. The van der Waals surface area contributed by atoms with Crippen molar-refractivity contribution in [2.24, 2.45) is 0 Å². The maximum absolute atomic E-state index is 13.1. The molecule has 0 radical (unpaired) electrons. The smallest absolute Gasteiger partial charge is 0.348 e. The van der Waals surface area contributed by atoms with Crippen molar-refractivity contribution in [2.45, 2.75) is 23.8 Å². The van der Waals surface area contributed by atoms with Gasteiger partial charge in [0.25, 0.3) is 11.4 Å². The van der Waals surface area contributed by atoms with E-state index in [2.05, 4.69) is 12.6 Å². The highest BCUT2D eigenvalue weighted by molar-refractivity contribution is 7.81. The zero-order valence-corrected chi connectivity index (χ0v) is 14.9. The minimum atomic E-state index is -1.99. The van der Waals surface area contributed by atoms with Gasteiger partial charge in [-0.15, -0.1) is 5.01 Å². The number of nitro groups is 1. The molecule has 0 spiro atoms. The normalized spacial score (nSPS) is 24.7. The summed E-state index contributed by atoms with van der Waals surface area (Å²) in [4.78, 5) is 39.0. The summed E-state index contributed by atoms with van der Waals surface area (Å²) in [6, 6.07) is 8.96. The summed E-state index contributed by atoms with van der Waals surface area (Å²) < 4.78 is 5.34. The summed E-state index contributed by atoms with van der Waals surface area (Å²) in [7, 11) is 0. The van der Waals surface area contributed by atoms with E-state index in [4.69, 9.17) is 4.74 Å². The van der Waals surface area contributed by atoms with Gasteiger partial charge in [0, 0.05) is 24.8 Å². The van der Waals surface area contributed by atoms with Gasteiger partial charge in [-0.3, -0.25) is 4.79 Å². The predicted octanol–water partition coefficient (Wildman–Crippen LogP) is 1.06. The number of carbonyl (C=O) groups is 2. The van der Waals surface area contributed by atoms with E-state index in [1.54, 1.807) is 36.4 Å². The molecule has 0 bridgehead atoms. The topological polar surface area (TPSA) is 93.0 Å². The molecule has 1 saturated heterocycles. The number of esters is 1. The number of rotatable bonds is 5. The molecular formula is C17H19N3O5S. The zero-order chi connectivity index (χ0) is 18.7. The lowest BCUT2D eigenvalue weighted by Gasteiger charge is -2.32. The third-order valence-electron chi connectivity index (χ3n) is 4.56. The number of nitrogens with zero attached hydrogens (tertiary/aromatic N) is 3. The van der Waals surface area contributed by atoms with E-state index in [9.17, 15) is 19.7 Å². The van der Waals surface area contributed by atoms with Crippen molar-refractivity contribution < 1.29 is 19.4 Å². The second-order valence-electron chi connectivity index (χ2n) is 6.28. The Morgan fingerprint density at radius 2 is 1.92 bits per heavy atom. The monoisotopic (exact) mass is 377 g/mol. The number of hydrazine groups is 1. The average Bonchev–Trinajstić information content (AvgIpc) is 3.28. The Labute approximate surface area is 155 Å². The van der Waals surface area contributed by atoms with Crippen LogP contribution in [0.5, 0.6) is 0 Å². The van der Waals surface area contributed by atoms with Crippen LogP contribution < -0.4 is 0 Å². The number of carbonyl (C=O) groups excluding carboxylic acids is 2. The van der Waals surface area contributed by atoms with Gasteiger partial charge in [0.2, 0.25) is 0 Å². The first kappa shape index (κ1) is 18.2. The van der Waals surface area contributed by atoms with Crippen molar-refractivity contribution in [3.05, 3.63) is 58.2 Å². The van der Waals surface area contributed by atoms with Crippen LogP contribution in [0.3, 0.4) is 0 Å². The first-order chi connectivity index (χ1) is 12.4. The van der Waals surface area contributed by atoms with Gasteiger partial charge in [-0.1, -0.05) is 42.5 Å². The lowest BCUT2D eigenvalue weighted by Crippen LogP contribution is -2.63. The van der Waals surface area contributed by atoms with Gasteiger partial charge in [-0.25, -0.2) is 14.9 Å². The summed E-state index contributed by atoms with van der Waals surface area (Å²) in [5, 5.41) is 11.1. The second-order valence-corrected chi connectivity index (χ2v) is 7.01. The van der Waals surface area contributed by atoms with E-state index in [1.807, 2.05) is 6.07 Å². The van der Waals surface area contributed by atoms with E-state index in [0.29, 0.717) is 18.1 Å². The van der Waals surface area contributed by atoms with Crippen molar-refractivity contribution >= 4 is 24.5 Å². The molecule has 2 aliphatic heterocycles. The van der Waals surface area contributed by atoms with Crippen molar-refractivity contribution in [2.75, 3.05) is 19.6 Å². The summed E-state index contributed by atoms with van der Waals surface area (Å²) in [5.74, 6) is -1.53. The van der Waals surface area contributed by atoms with E-state index in [1.165, 1.54) is 4.90 Å². The molecule has 0 aromatic heterocycles. The van der Waals surface area contributed by atoms with Crippen LogP contribution in [0.4, 0.5) is 0 Å². The lowest BCUT2D eigenvalue weighted by atomic mass is 9.94. The Morgan fingerprint density at radius 3 is 2.54 bits per heavy atom. The van der Waals surface area contributed by atoms with Crippen LogP contribution in [0.25, 0.3) is 0 Å². The van der Waals surface area contributed by atoms with Crippen molar-refractivity contribution in [3.8, 4) is 0 Å². The lowest BCUT2D eigenvalue weighted by molar-refractivity contribution is -0.662. The van der Waals surface area contributed by atoms with Crippen LogP contribution in [0, 0.1) is 10.1 Å². The Hall–Kier alpha value is -2.55. The maximum atomic E-state index is 13.1. The highest BCUT2D eigenvalue weighted by Gasteiger charge is 2.64. The molecule has 8 nitrogen and oxygen atoms in total.